The van der Waals surface area contributed by atoms with Gasteiger partial charge in [-0.3, -0.25) is 0 Å². The van der Waals surface area contributed by atoms with Gasteiger partial charge in [0.05, 0.1) is 12.2 Å². The van der Waals surface area contributed by atoms with Crippen molar-refractivity contribution in [1.29, 1.82) is 0 Å². The molecule has 1 heterocycles. The lowest BCUT2D eigenvalue weighted by Gasteiger charge is -2.41. The molecule has 1 saturated heterocycles. The van der Waals surface area contributed by atoms with Crippen LogP contribution in [0.3, 0.4) is 0 Å². The van der Waals surface area contributed by atoms with Gasteiger partial charge in [-0.25, -0.2) is 0 Å². The third-order valence-corrected chi connectivity index (χ3v) is 2.32. The first-order valence-corrected chi connectivity index (χ1v) is 5.24. The van der Waals surface area contributed by atoms with Crippen LogP contribution in [0.5, 0.6) is 0 Å². The fraction of sp³-hybridized carbons (Fsp3) is 1.00. The molecule has 3 unspecified atom stereocenters. The normalized spacial score (nSPS) is 41.1. The maximum absolute atomic E-state index is 9.64. The molecule has 6 heteroatoms. The van der Waals surface area contributed by atoms with Crippen molar-refractivity contribution in [1.82, 2.24) is 0 Å². The molecule has 0 spiro atoms. The van der Waals surface area contributed by atoms with Crippen LogP contribution in [0.15, 0.2) is 0 Å². The zero-order valence-corrected chi connectivity index (χ0v) is 9.70. The number of hydrogen-bond donors (Lipinski definition) is 4. The van der Waals surface area contributed by atoms with E-state index in [1.807, 2.05) is 0 Å². The van der Waals surface area contributed by atoms with Gasteiger partial charge in [-0.15, -0.1) is 0 Å². The van der Waals surface area contributed by atoms with Crippen molar-refractivity contribution < 1.29 is 29.9 Å². The first kappa shape index (κ1) is 13.8. The highest BCUT2D eigenvalue weighted by Crippen LogP contribution is 2.25. The minimum Gasteiger partial charge on any atom is -0.394 e. The van der Waals surface area contributed by atoms with Crippen molar-refractivity contribution >= 4 is 0 Å². The van der Waals surface area contributed by atoms with E-state index in [1.165, 1.54) is 0 Å². The van der Waals surface area contributed by atoms with E-state index in [-0.39, 0.29) is 0 Å². The molecule has 1 fully saturated rings. The molecule has 5 atom stereocenters. The average molecular weight is 236 g/mol. The van der Waals surface area contributed by atoms with E-state index in [9.17, 15) is 15.3 Å². The fourth-order valence-corrected chi connectivity index (χ4v) is 1.51. The van der Waals surface area contributed by atoms with Crippen LogP contribution in [0.25, 0.3) is 0 Å². The average Bonchev–Trinajstić information content (AvgIpc) is 2.17. The molecule has 0 aromatic rings. The Morgan fingerprint density at radius 3 is 2.06 bits per heavy atom. The van der Waals surface area contributed by atoms with Crippen molar-refractivity contribution in [2.45, 2.75) is 57.1 Å². The van der Waals surface area contributed by atoms with Gasteiger partial charge in [-0.2, -0.15) is 0 Å². The predicted molar refractivity (Wildman–Crippen MR) is 54.6 cm³/mol. The van der Waals surface area contributed by atoms with Crippen LogP contribution in [0.2, 0.25) is 0 Å². The lowest BCUT2D eigenvalue weighted by atomic mass is 9.99. The maximum atomic E-state index is 9.64. The molecule has 1 aliphatic rings. The first-order chi connectivity index (χ1) is 7.26. The second-order valence-corrected chi connectivity index (χ2v) is 4.93. The monoisotopic (exact) mass is 236 g/mol. The van der Waals surface area contributed by atoms with Crippen molar-refractivity contribution in [2.24, 2.45) is 0 Å². The second kappa shape index (κ2) is 4.95. The van der Waals surface area contributed by atoms with E-state index in [4.69, 9.17) is 14.6 Å². The summed E-state index contributed by atoms with van der Waals surface area (Å²) < 4.78 is 10.6. The summed E-state index contributed by atoms with van der Waals surface area (Å²) in [6.45, 7) is 4.87. The summed E-state index contributed by atoms with van der Waals surface area (Å²) >= 11 is 0. The minimum absolute atomic E-state index is 0.449. The predicted octanol–water partition coefficient (Wildman–Crippen LogP) is -1.40. The molecule has 0 aromatic heterocycles. The Hall–Kier alpha value is -0.240. The number of aliphatic hydroxyl groups excluding tert-OH is 4. The zero-order valence-electron chi connectivity index (χ0n) is 9.70. The quantitative estimate of drug-likeness (QED) is 0.471. The summed E-state index contributed by atoms with van der Waals surface area (Å²) in [5.74, 6) is 0. The van der Waals surface area contributed by atoms with Crippen LogP contribution in [0.4, 0.5) is 0 Å². The molecule has 0 amide bonds. The highest BCUT2D eigenvalue weighted by Gasteiger charge is 2.45. The van der Waals surface area contributed by atoms with Crippen molar-refractivity contribution in [3.05, 3.63) is 0 Å². The molecule has 1 aliphatic heterocycles. The summed E-state index contributed by atoms with van der Waals surface area (Å²) in [6, 6.07) is 0. The Kier molecular flexibility index (Phi) is 4.28. The molecule has 96 valence electrons. The van der Waals surface area contributed by atoms with E-state index in [2.05, 4.69) is 0 Å². The number of aliphatic hydroxyl groups is 4. The van der Waals surface area contributed by atoms with Gasteiger partial charge in [-0.1, -0.05) is 0 Å². The van der Waals surface area contributed by atoms with Crippen LogP contribution < -0.4 is 0 Å². The van der Waals surface area contributed by atoms with Crippen LogP contribution in [-0.2, 0) is 9.47 Å². The van der Waals surface area contributed by atoms with E-state index in [0.717, 1.165) is 0 Å². The van der Waals surface area contributed by atoms with Gasteiger partial charge in [0.2, 0.25) is 0 Å². The van der Waals surface area contributed by atoms with Crippen molar-refractivity contribution in [3.8, 4) is 0 Å². The van der Waals surface area contributed by atoms with Gasteiger partial charge in [0, 0.05) is 0 Å². The minimum atomic E-state index is -1.39. The van der Waals surface area contributed by atoms with Crippen LogP contribution >= 0.6 is 0 Å². The molecule has 0 saturated carbocycles. The summed E-state index contributed by atoms with van der Waals surface area (Å²) in [6.07, 6.45) is -6.06. The molecule has 0 radical (unpaired) electrons. The molecule has 0 aromatic carbocycles. The van der Waals surface area contributed by atoms with Crippen LogP contribution in [0.1, 0.15) is 20.8 Å². The Bertz CT molecular complexity index is 224. The maximum Gasteiger partial charge on any atom is 0.187 e. The molecular weight excluding hydrogens is 216 g/mol. The summed E-state index contributed by atoms with van der Waals surface area (Å²) in [5.41, 5.74) is -0.562. The fourth-order valence-electron chi connectivity index (χ4n) is 1.51. The Labute approximate surface area is 94.4 Å². The Morgan fingerprint density at radius 1 is 1.06 bits per heavy atom. The summed E-state index contributed by atoms with van der Waals surface area (Å²) in [5, 5.41) is 37.6. The van der Waals surface area contributed by atoms with Gasteiger partial charge in [-0.05, 0) is 20.8 Å². The molecule has 0 bridgehead atoms. The second-order valence-electron chi connectivity index (χ2n) is 4.93. The van der Waals surface area contributed by atoms with Crippen molar-refractivity contribution in [3.63, 3.8) is 0 Å². The van der Waals surface area contributed by atoms with E-state index >= 15 is 0 Å². The van der Waals surface area contributed by atoms with Gasteiger partial charge in [0.15, 0.2) is 6.29 Å². The van der Waals surface area contributed by atoms with Gasteiger partial charge in [0.25, 0.3) is 0 Å². The molecule has 1 rings (SSSR count). The third-order valence-electron chi connectivity index (χ3n) is 2.32. The molecule has 16 heavy (non-hydrogen) atoms. The smallest absolute Gasteiger partial charge is 0.187 e. The first-order valence-electron chi connectivity index (χ1n) is 5.24. The number of ether oxygens (including phenoxy) is 2. The van der Waals surface area contributed by atoms with Crippen LogP contribution in [0, 0.1) is 0 Å². The van der Waals surface area contributed by atoms with Crippen LogP contribution in [-0.4, -0.2) is 63.3 Å². The SMILES string of the molecule is CC(C)(C)O[C@@H]1OC(CO)[C@@H](O)C(O)C1O. The number of rotatable bonds is 2. The molecule has 0 aliphatic carbocycles. The van der Waals surface area contributed by atoms with Gasteiger partial charge < -0.3 is 29.9 Å². The van der Waals surface area contributed by atoms with Gasteiger partial charge >= 0.3 is 0 Å². The zero-order chi connectivity index (χ0) is 12.5. The largest absolute Gasteiger partial charge is 0.394 e. The lowest BCUT2D eigenvalue weighted by molar-refractivity contribution is -0.320. The van der Waals surface area contributed by atoms with E-state index in [0.29, 0.717) is 0 Å². The molecule has 6 nitrogen and oxygen atoms in total. The topological polar surface area (TPSA) is 99.4 Å². The Morgan fingerprint density at radius 2 is 1.62 bits per heavy atom. The van der Waals surface area contributed by atoms with Crippen molar-refractivity contribution in [2.75, 3.05) is 6.61 Å². The standard InChI is InChI=1S/C10H20O6/c1-10(2,3)16-9-8(14)7(13)6(12)5(4-11)15-9/h5-9,11-14H,4H2,1-3H3/t5?,6-,7?,8?,9+/m1/s1. The van der Waals surface area contributed by atoms with E-state index < -0.39 is 42.9 Å². The lowest BCUT2D eigenvalue weighted by Crippen LogP contribution is -2.60. The summed E-state index contributed by atoms with van der Waals surface area (Å²) in [7, 11) is 0. The third kappa shape index (κ3) is 3.13. The van der Waals surface area contributed by atoms with Gasteiger partial charge in [0.1, 0.15) is 24.4 Å². The molecular formula is C10H20O6. The Balaban J connectivity index is 2.71. The highest BCUT2D eigenvalue weighted by molar-refractivity contribution is 4.89. The highest BCUT2D eigenvalue weighted by atomic mass is 16.7. The van der Waals surface area contributed by atoms with E-state index in [1.54, 1.807) is 20.8 Å². The number of hydrogen-bond acceptors (Lipinski definition) is 6. The summed E-state index contributed by atoms with van der Waals surface area (Å²) in [4.78, 5) is 0. The molecule has 4 N–H and O–H groups in total.